The number of anilines is 1. The summed E-state index contributed by atoms with van der Waals surface area (Å²) in [7, 11) is -4.47. The zero-order chi connectivity index (χ0) is 12.1. The number of rotatable bonds is 2. The van der Waals surface area contributed by atoms with E-state index in [0.29, 0.717) is 0 Å². The van der Waals surface area contributed by atoms with E-state index in [0.717, 1.165) is 10.6 Å². The maximum atomic E-state index is 10.9. The van der Waals surface area contributed by atoms with Gasteiger partial charge in [-0.3, -0.25) is 14.1 Å². The van der Waals surface area contributed by atoms with Crippen molar-refractivity contribution in [3.05, 3.63) is 38.9 Å². The average Bonchev–Trinajstić information content (AvgIpc) is 2.74. The molecule has 0 bridgehead atoms. The van der Waals surface area contributed by atoms with Crippen molar-refractivity contribution in [3.63, 3.8) is 0 Å². The molecule has 84 valence electrons. The Bertz CT molecular complexity index is 710. The molecule has 3 N–H and O–H groups in total. The lowest BCUT2D eigenvalue weighted by molar-refractivity contribution is 0.483. The highest BCUT2D eigenvalue weighted by atomic mass is 32.2. The number of benzene rings is 1. The molecule has 0 saturated heterocycles. The summed E-state index contributed by atoms with van der Waals surface area (Å²) in [5.41, 5.74) is 3.78. The van der Waals surface area contributed by atoms with Gasteiger partial charge in [-0.05, 0) is 18.2 Å². The van der Waals surface area contributed by atoms with Gasteiger partial charge in [0.05, 0.1) is 11.4 Å². The van der Waals surface area contributed by atoms with Crippen LogP contribution in [0.5, 0.6) is 0 Å². The SMILES string of the molecule is Nc1ccc(-n2c(=O)c2=O)cc1S(=O)(=O)O. The Kier molecular flexibility index (Phi) is 2.00. The van der Waals surface area contributed by atoms with Crippen LogP contribution in [-0.4, -0.2) is 17.5 Å². The van der Waals surface area contributed by atoms with E-state index in [2.05, 4.69) is 0 Å². The summed E-state index contributed by atoms with van der Waals surface area (Å²) in [5.74, 6) is 0. The molecule has 0 amide bonds. The van der Waals surface area contributed by atoms with Gasteiger partial charge in [0.2, 0.25) is 0 Å². The van der Waals surface area contributed by atoms with Gasteiger partial charge in [-0.25, -0.2) is 4.57 Å². The molecular weight excluding hydrogens is 236 g/mol. The Balaban J connectivity index is 2.67. The molecule has 1 aromatic carbocycles. The first-order chi connectivity index (χ1) is 7.32. The zero-order valence-electron chi connectivity index (χ0n) is 7.75. The summed E-state index contributed by atoms with van der Waals surface area (Å²) in [6.45, 7) is 0. The average molecular weight is 242 g/mol. The molecule has 1 aromatic heterocycles. The number of hydrogen-bond donors (Lipinski definition) is 2. The number of nitrogens with two attached hydrogens (primary N) is 1. The second-order valence-electron chi connectivity index (χ2n) is 3.14. The van der Waals surface area contributed by atoms with Gasteiger partial charge in [0.15, 0.2) is 0 Å². The molecule has 0 spiro atoms. The first-order valence-electron chi connectivity index (χ1n) is 4.08. The molecule has 1 heterocycles. The zero-order valence-corrected chi connectivity index (χ0v) is 8.56. The van der Waals surface area contributed by atoms with E-state index >= 15 is 0 Å². The molecule has 2 aromatic rings. The molecule has 16 heavy (non-hydrogen) atoms. The lowest BCUT2D eigenvalue weighted by atomic mass is 10.3. The van der Waals surface area contributed by atoms with Crippen LogP contribution < -0.4 is 16.9 Å². The second-order valence-corrected chi connectivity index (χ2v) is 4.53. The molecule has 0 aliphatic heterocycles. The van der Waals surface area contributed by atoms with Crippen LogP contribution in [0, 0.1) is 0 Å². The molecule has 0 radical (unpaired) electrons. The fraction of sp³-hybridized carbons (Fsp3) is 0. The molecule has 0 fully saturated rings. The highest BCUT2D eigenvalue weighted by Gasteiger charge is 2.21. The van der Waals surface area contributed by atoms with E-state index in [1.165, 1.54) is 12.1 Å². The number of hydrogen-bond acceptors (Lipinski definition) is 5. The Morgan fingerprint density at radius 1 is 1.19 bits per heavy atom. The third-order valence-electron chi connectivity index (χ3n) is 2.07. The van der Waals surface area contributed by atoms with Gasteiger partial charge in [-0.1, -0.05) is 0 Å². The van der Waals surface area contributed by atoms with Crippen LogP contribution in [0.4, 0.5) is 5.69 Å². The van der Waals surface area contributed by atoms with Gasteiger partial charge >= 0.3 is 11.1 Å². The molecule has 0 unspecified atom stereocenters. The van der Waals surface area contributed by atoms with Gasteiger partial charge in [-0.2, -0.15) is 8.42 Å². The highest BCUT2D eigenvalue weighted by Crippen LogP contribution is 2.20. The van der Waals surface area contributed by atoms with Gasteiger partial charge < -0.3 is 5.73 Å². The predicted octanol–water partition coefficient (Wildman–Crippen LogP) is -1.10. The molecule has 2 rings (SSSR count). The Labute approximate surface area is 89.2 Å². The van der Waals surface area contributed by atoms with Crippen LogP contribution in [-0.2, 0) is 10.1 Å². The normalized spacial score (nSPS) is 12.1. The van der Waals surface area contributed by atoms with Gasteiger partial charge in [0.1, 0.15) is 4.90 Å². The van der Waals surface area contributed by atoms with Gasteiger partial charge in [0.25, 0.3) is 10.1 Å². The fourth-order valence-electron chi connectivity index (χ4n) is 1.25. The quantitative estimate of drug-likeness (QED) is 0.392. The first kappa shape index (κ1) is 10.6. The summed E-state index contributed by atoms with van der Waals surface area (Å²) in [6.07, 6.45) is 0. The molecule has 7 nitrogen and oxygen atoms in total. The van der Waals surface area contributed by atoms with Gasteiger partial charge in [0, 0.05) is 0 Å². The number of aromatic nitrogens is 1. The van der Waals surface area contributed by atoms with Crippen molar-refractivity contribution in [1.82, 2.24) is 4.57 Å². The summed E-state index contributed by atoms with van der Waals surface area (Å²) in [6, 6.07) is 3.47. The molecule has 0 aliphatic carbocycles. The van der Waals surface area contributed by atoms with E-state index in [4.69, 9.17) is 10.3 Å². The van der Waals surface area contributed by atoms with E-state index in [-0.39, 0.29) is 11.4 Å². The van der Waals surface area contributed by atoms with Crippen LogP contribution >= 0.6 is 0 Å². The van der Waals surface area contributed by atoms with Crippen molar-refractivity contribution in [2.45, 2.75) is 4.90 Å². The van der Waals surface area contributed by atoms with Crippen LogP contribution in [0.3, 0.4) is 0 Å². The Morgan fingerprint density at radius 2 is 1.75 bits per heavy atom. The molecule has 0 aliphatic rings. The summed E-state index contributed by atoms with van der Waals surface area (Å²) in [4.78, 5) is 21.1. The lowest BCUT2D eigenvalue weighted by Crippen LogP contribution is -2.04. The largest absolute Gasteiger partial charge is 0.398 e. The molecule has 8 heteroatoms. The van der Waals surface area contributed by atoms with E-state index < -0.39 is 26.1 Å². The third kappa shape index (κ3) is 1.53. The molecule has 0 saturated carbocycles. The minimum Gasteiger partial charge on any atom is -0.398 e. The Hall–Kier alpha value is -1.93. The number of nitrogens with zero attached hydrogens (tertiary/aromatic N) is 1. The standard InChI is InChI=1S/C8H6N2O5S/c9-5-2-1-4(10-7(11)8(10)12)3-6(5)16(13,14)15/h1-3H,9H2,(H,13,14,15). The van der Waals surface area contributed by atoms with E-state index in [1.807, 2.05) is 0 Å². The van der Waals surface area contributed by atoms with E-state index in [1.54, 1.807) is 0 Å². The highest BCUT2D eigenvalue weighted by molar-refractivity contribution is 7.86. The fourth-order valence-corrected chi connectivity index (χ4v) is 1.89. The first-order valence-corrected chi connectivity index (χ1v) is 5.52. The third-order valence-corrected chi connectivity index (χ3v) is 2.98. The van der Waals surface area contributed by atoms with Crippen molar-refractivity contribution < 1.29 is 13.0 Å². The van der Waals surface area contributed by atoms with Crippen LogP contribution in [0.1, 0.15) is 0 Å². The summed E-state index contributed by atoms with van der Waals surface area (Å²) >= 11 is 0. The van der Waals surface area contributed by atoms with Crippen molar-refractivity contribution >= 4 is 15.8 Å². The van der Waals surface area contributed by atoms with Gasteiger partial charge in [-0.15, -0.1) is 0 Å². The molecule has 0 atom stereocenters. The minimum atomic E-state index is -4.47. The van der Waals surface area contributed by atoms with Crippen LogP contribution in [0.2, 0.25) is 0 Å². The van der Waals surface area contributed by atoms with Crippen molar-refractivity contribution in [3.8, 4) is 5.69 Å². The van der Waals surface area contributed by atoms with Crippen LogP contribution in [0.25, 0.3) is 5.69 Å². The number of nitrogen functional groups attached to an aromatic ring is 1. The van der Waals surface area contributed by atoms with E-state index in [9.17, 15) is 18.0 Å². The van der Waals surface area contributed by atoms with Crippen molar-refractivity contribution in [1.29, 1.82) is 0 Å². The second kappa shape index (κ2) is 3.03. The van der Waals surface area contributed by atoms with Crippen LogP contribution in [0.15, 0.2) is 32.7 Å². The topological polar surface area (TPSA) is 119 Å². The summed E-state index contributed by atoms with van der Waals surface area (Å²) < 4.78 is 31.4. The predicted molar refractivity (Wildman–Crippen MR) is 54.9 cm³/mol. The molecular formula is C8H6N2O5S. The smallest absolute Gasteiger partial charge is 0.324 e. The maximum Gasteiger partial charge on any atom is 0.324 e. The van der Waals surface area contributed by atoms with Crippen molar-refractivity contribution in [2.24, 2.45) is 0 Å². The lowest BCUT2D eigenvalue weighted by Gasteiger charge is -2.03. The van der Waals surface area contributed by atoms with Crippen molar-refractivity contribution in [2.75, 3.05) is 5.73 Å². The minimum absolute atomic E-state index is 0.0665. The summed E-state index contributed by atoms with van der Waals surface area (Å²) in [5, 5.41) is 0. The maximum absolute atomic E-state index is 10.9. The monoisotopic (exact) mass is 242 g/mol. The Morgan fingerprint density at radius 3 is 2.19 bits per heavy atom.